The second kappa shape index (κ2) is 7.96. The van der Waals surface area contributed by atoms with Crippen molar-refractivity contribution in [3.63, 3.8) is 0 Å². The largest absolute Gasteiger partial charge is 0.368 e. The minimum Gasteiger partial charge on any atom is -0.368 e. The van der Waals surface area contributed by atoms with E-state index in [0.717, 1.165) is 11.3 Å². The van der Waals surface area contributed by atoms with Gasteiger partial charge in [-0.05, 0) is 42.3 Å². The van der Waals surface area contributed by atoms with Crippen molar-refractivity contribution in [2.45, 2.75) is 6.42 Å². The van der Waals surface area contributed by atoms with E-state index in [-0.39, 0.29) is 17.7 Å². The highest BCUT2D eigenvalue weighted by atomic mass is 19.1. The molecule has 0 bridgehead atoms. The minimum absolute atomic E-state index is 0.0963. The maximum Gasteiger partial charge on any atom is 0.317 e. The number of piperazine rings is 1. The number of benzene rings is 2. The summed E-state index contributed by atoms with van der Waals surface area (Å²) in [6.45, 7) is 3.05. The molecule has 1 saturated heterocycles. The van der Waals surface area contributed by atoms with Crippen molar-refractivity contribution in [2.75, 3.05) is 37.6 Å². The summed E-state index contributed by atoms with van der Waals surface area (Å²) in [6, 6.07) is 12.7. The van der Waals surface area contributed by atoms with E-state index in [1.54, 1.807) is 23.1 Å². The molecule has 2 aromatic rings. The Balaban J connectivity index is 1.43. The molecule has 2 aromatic carbocycles. The summed E-state index contributed by atoms with van der Waals surface area (Å²) in [4.78, 5) is 16.1. The summed E-state index contributed by atoms with van der Waals surface area (Å²) in [5.41, 5.74) is 1.83. The van der Waals surface area contributed by atoms with Crippen molar-refractivity contribution in [2.24, 2.45) is 0 Å². The van der Waals surface area contributed by atoms with Crippen molar-refractivity contribution in [1.82, 2.24) is 10.2 Å². The van der Waals surface area contributed by atoms with Crippen LogP contribution in [0.3, 0.4) is 0 Å². The van der Waals surface area contributed by atoms with E-state index < -0.39 is 0 Å². The van der Waals surface area contributed by atoms with Gasteiger partial charge < -0.3 is 15.1 Å². The molecule has 1 aliphatic rings. The van der Waals surface area contributed by atoms with Crippen LogP contribution >= 0.6 is 0 Å². The third-order valence-electron chi connectivity index (χ3n) is 4.34. The molecular formula is C19H21F2N3O. The van der Waals surface area contributed by atoms with E-state index in [1.165, 1.54) is 24.3 Å². The number of amides is 2. The Labute approximate surface area is 146 Å². The van der Waals surface area contributed by atoms with E-state index >= 15 is 0 Å². The van der Waals surface area contributed by atoms with E-state index in [9.17, 15) is 13.6 Å². The fraction of sp³-hybridized carbons (Fsp3) is 0.316. The van der Waals surface area contributed by atoms with Crippen LogP contribution in [0.1, 0.15) is 5.56 Å². The number of hydrogen-bond donors (Lipinski definition) is 1. The van der Waals surface area contributed by atoms with E-state index in [0.29, 0.717) is 39.1 Å². The van der Waals surface area contributed by atoms with Gasteiger partial charge in [0, 0.05) is 38.4 Å². The highest BCUT2D eigenvalue weighted by Gasteiger charge is 2.21. The van der Waals surface area contributed by atoms with Gasteiger partial charge in [0.2, 0.25) is 0 Å². The molecule has 25 heavy (non-hydrogen) atoms. The van der Waals surface area contributed by atoms with Crippen LogP contribution in [0, 0.1) is 11.6 Å². The smallest absolute Gasteiger partial charge is 0.317 e. The van der Waals surface area contributed by atoms with Crippen molar-refractivity contribution >= 4 is 11.7 Å². The summed E-state index contributed by atoms with van der Waals surface area (Å²) in [7, 11) is 0. The lowest BCUT2D eigenvalue weighted by Crippen LogP contribution is -2.52. The number of halogens is 2. The normalized spacial score (nSPS) is 14.5. The molecule has 0 saturated carbocycles. The number of carbonyl (C=O) groups excluding carboxylic acids is 1. The molecule has 0 radical (unpaired) electrons. The SMILES string of the molecule is O=C(NCCc1ccc(F)cc1)N1CCN(c2cccc(F)c2)CC1. The molecule has 132 valence electrons. The third kappa shape index (κ3) is 4.68. The number of urea groups is 1. The third-order valence-corrected chi connectivity index (χ3v) is 4.34. The van der Waals surface area contributed by atoms with Gasteiger partial charge in [-0.25, -0.2) is 13.6 Å². The molecule has 2 amide bonds. The fourth-order valence-electron chi connectivity index (χ4n) is 2.92. The van der Waals surface area contributed by atoms with Crippen LogP contribution in [-0.2, 0) is 6.42 Å². The highest BCUT2D eigenvalue weighted by Crippen LogP contribution is 2.17. The molecule has 6 heteroatoms. The van der Waals surface area contributed by atoms with E-state index in [4.69, 9.17) is 0 Å². The number of hydrogen-bond acceptors (Lipinski definition) is 2. The van der Waals surface area contributed by atoms with Gasteiger partial charge in [-0.1, -0.05) is 18.2 Å². The first-order valence-electron chi connectivity index (χ1n) is 8.39. The monoisotopic (exact) mass is 345 g/mol. The maximum absolute atomic E-state index is 13.3. The molecule has 0 atom stereocenters. The topological polar surface area (TPSA) is 35.6 Å². The van der Waals surface area contributed by atoms with Gasteiger partial charge in [-0.3, -0.25) is 0 Å². The van der Waals surface area contributed by atoms with Crippen LogP contribution in [0.5, 0.6) is 0 Å². The number of nitrogens with one attached hydrogen (secondary N) is 1. The first-order chi connectivity index (χ1) is 12.1. The van der Waals surface area contributed by atoms with Crippen LogP contribution in [0.25, 0.3) is 0 Å². The lowest BCUT2D eigenvalue weighted by Gasteiger charge is -2.36. The first kappa shape index (κ1) is 17.2. The zero-order valence-corrected chi connectivity index (χ0v) is 13.9. The average Bonchev–Trinajstić information content (AvgIpc) is 2.63. The lowest BCUT2D eigenvalue weighted by atomic mass is 10.1. The van der Waals surface area contributed by atoms with E-state index in [2.05, 4.69) is 10.2 Å². The number of nitrogens with zero attached hydrogens (tertiary/aromatic N) is 2. The number of anilines is 1. The second-order valence-corrected chi connectivity index (χ2v) is 6.06. The van der Waals surface area contributed by atoms with Crippen LogP contribution in [0.4, 0.5) is 19.3 Å². The summed E-state index contributed by atoms with van der Waals surface area (Å²) >= 11 is 0. The van der Waals surface area contributed by atoms with Crippen LogP contribution in [0.2, 0.25) is 0 Å². The number of carbonyl (C=O) groups is 1. The van der Waals surface area contributed by atoms with E-state index in [1.807, 2.05) is 6.07 Å². The maximum atomic E-state index is 13.3. The van der Waals surface area contributed by atoms with Crippen molar-refractivity contribution < 1.29 is 13.6 Å². The van der Waals surface area contributed by atoms with Gasteiger partial charge in [-0.2, -0.15) is 0 Å². The highest BCUT2D eigenvalue weighted by molar-refractivity contribution is 5.74. The van der Waals surface area contributed by atoms with Gasteiger partial charge in [0.15, 0.2) is 0 Å². The Hall–Kier alpha value is -2.63. The molecule has 4 nitrogen and oxygen atoms in total. The molecule has 0 aromatic heterocycles. The molecule has 1 aliphatic heterocycles. The molecular weight excluding hydrogens is 324 g/mol. The Bertz CT molecular complexity index is 713. The predicted molar refractivity (Wildman–Crippen MR) is 93.7 cm³/mol. The second-order valence-electron chi connectivity index (χ2n) is 6.06. The first-order valence-corrected chi connectivity index (χ1v) is 8.39. The quantitative estimate of drug-likeness (QED) is 0.925. The minimum atomic E-state index is -0.260. The fourth-order valence-corrected chi connectivity index (χ4v) is 2.92. The molecule has 3 rings (SSSR count). The summed E-state index contributed by atoms with van der Waals surface area (Å²) in [5, 5.41) is 2.89. The Morgan fingerprint density at radius 1 is 0.960 bits per heavy atom. The summed E-state index contributed by atoms with van der Waals surface area (Å²) < 4.78 is 26.2. The zero-order chi connectivity index (χ0) is 17.6. The summed E-state index contributed by atoms with van der Waals surface area (Å²) in [6.07, 6.45) is 0.662. The Morgan fingerprint density at radius 2 is 1.68 bits per heavy atom. The van der Waals surface area contributed by atoms with Crippen LogP contribution in [0.15, 0.2) is 48.5 Å². The number of rotatable bonds is 4. The molecule has 0 spiro atoms. The van der Waals surface area contributed by atoms with Gasteiger partial charge in [0.1, 0.15) is 11.6 Å². The molecule has 1 fully saturated rings. The van der Waals surface area contributed by atoms with Crippen molar-refractivity contribution in [3.05, 3.63) is 65.7 Å². The van der Waals surface area contributed by atoms with Crippen molar-refractivity contribution in [1.29, 1.82) is 0 Å². The van der Waals surface area contributed by atoms with Crippen LogP contribution in [-0.4, -0.2) is 43.7 Å². The van der Waals surface area contributed by atoms with Crippen molar-refractivity contribution in [3.8, 4) is 0 Å². The van der Waals surface area contributed by atoms with Crippen LogP contribution < -0.4 is 10.2 Å². The zero-order valence-electron chi connectivity index (χ0n) is 13.9. The van der Waals surface area contributed by atoms with Gasteiger partial charge in [-0.15, -0.1) is 0 Å². The molecule has 0 unspecified atom stereocenters. The Kier molecular flexibility index (Phi) is 5.48. The van der Waals surface area contributed by atoms with Gasteiger partial charge in [0.25, 0.3) is 0 Å². The lowest BCUT2D eigenvalue weighted by molar-refractivity contribution is 0.194. The molecule has 0 aliphatic carbocycles. The van der Waals surface area contributed by atoms with Gasteiger partial charge in [0.05, 0.1) is 0 Å². The van der Waals surface area contributed by atoms with Gasteiger partial charge >= 0.3 is 6.03 Å². The summed E-state index contributed by atoms with van der Waals surface area (Å²) in [5.74, 6) is -0.512. The average molecular weight is 345 g/mol. The molecule has 1 heterocycles. The Morgan fingerprint density at radius 3 is 2.36 bits per heavy atom. The molecule has 1 N–H and O–H groups in total. The predicted octanol–water partition coefficient (Wildman–Crippen LogP) is 3.04. The standard InChI is InChI=1S/C19H21F2N3O/c20-16-6-4-15(5-7-16)8-9-22-19(25)24-12-10-23(11-13-24)18-3-1-2-17(21)14-18/h1-7,14H,8-13H2,(H,22,25).